The van der Waals surface area contributed by atoms with Crippen LogP contribution < -0.4 is 4.72 Å². The molecule has 0 amide bonds. The summed E-state index contributed by atoms with van der Waals surface area (Å²) in [6.45, 7) is 0. The normalized spacial score (nSPS) is 25.6. The number of carboxylic acids is 1. The smallest absolute Gasteiger partial charge is 0.325 e. The van der Waals surface area contributed by atoms with E-state index in [9.17, 15) is 18.3 Å². The van der Waals surface area contributed by atoms with Crippen molar-refractivity contribution in [3.63, 3.8) is 0 Å². The van der Waals surface area contributed by atoms with Crippen molar-refractivity contribution in [3.05, 3.63) is 41.4 Å². The standard InChI is InChI=1S/C19H20ClNO4S2/c20-14-7-5-13(6-8-14)16-9-10-17(26-16)27(24,25)21-19(18(22)23)11-15(19)12-3-1-2-4-12/h5-10,12,15,21H,1-4,11H2,(H,22,23)/t15-,19+/m0/s1. The van der Waals surface area contributed by atoms with Gasteiger partial charge in [0.15, 0.2) is 0 Å². The first-order valence-electron chi connectivity index (χ1n) is 8.95. The molecule has 2 aromatic rings. The lowest BCUT2D eigenvalue weighted by atomic mass is 9.98. The van der Waals surface area contributed by atoms with Crippen molar-refractivity contribution < 1.29 is 18.3 Å². The molecular formula is C19H20ClNO4S2. The Hall–Kier alpha value is -1.41. The third kappa shape index (κ3) is 3.53. The van der Waals surface area contributed by atoms with Crippen LogP contribution in [0.5, 0.6) is 0 Å². The van der Waals surface area contributed by atoms with Gasteiger partial charge in [-0.25, -0.2) is 8.42 Å². The van der Waals surface area contributed by atoms with E-state index in [1.807, 2.05) is 12.1 Å². The minimum Gasteiger partial charge on any atom is -0.480 e. The molecule has 144 valence electrons. The maximum Gasteiger partial charge on any atom is 0.325 e. The lowest BCUT2D eigenvalue weighted by Crippen LogP contribution is -2.45. The van der Waals surface area contributed by atoms with Gasteiger partial charge in [0.25, 0.3) is 10.0 Å². The molecule has 0 spiro atoms. The lowest BCUT2D eigenvalue weighted by Gasteiger charge is -2.17. The summed E-state index contributed by atoms with van der Waals surface area (Å²) in [5.74, 6) is -0.878. The number of thiophene rings is 1. The largest absolute Gasteiger partial charge is 0.480 e. The molecule has 1 aromatic heterocycles. The average molecular weight is 426 g/mol. The molecule has 5 nitrogen and oxygen atoms in total. The second-order valence-corrected chi connectivity index (χ2v) is 10.8. The van der Waals surface area contributed by atoms with E-state index in [1.165, 1.54) is 6.07 Å². The Labute approximate surface area is 167 Å². The second kappa shape index (κ2) is 6.88. The van der Waals surface area contributed by atoms with Crippen molar-refractivity contribution in [3.8, 4) is 10.4 Å². The molecule has 0 saturated heterocycles. The van der Waals surface area contributed by atoms with E-state index in [-0.39, 0.29) is 10.1 Å². The molecule has 2 N–H and O–H groups in total. The average Bonchev–Trinajstić information content (AvgIpc) is 3.03. The molecule has 4 rings (SSSR count). The molecule has 2 aliphatic rings. The highest BCUT2D eigenvalue weighted by Gasteiger charge is 2.65. The summed E-state index contributed by atoms with van der Waals surface area (Å²) in [6, 6.07) is 10.4. The Morgan fingerprint density at radius 3 is 2.44 bits per heavy atom. The summed E-state index contributed by atoms with van der Waals surface area (Å²) in [7, 11) is -3.90. The fourth-order valence-electron chi connectivity index (χ4n) is 4.15. The van der Waals surface area contributed by atoms with Crippen molar-refractivity contribution in [1.29, 1.82) is 0 Å². The third-order valence-electron chi connectivity index (χ3n) is 5.66. The monoisotopic (exact) mass is 425 g/mol. The molecule has 2 fully saturated rings. The van der Waals surface area contributed by atoms with Gasteiger partial charge in [0, 0.05) is 9.90 Å². The third-order valence-corrected chi connectivity index (χ3v) is 9.04. The van der Waals surface area contributed by atoms with E-state index in [4.69, 9.17) is 11.6 Å². The van der Waals surface area contributed by atoms with Crippen LogP contribution in [0.1, 0.15) is 32.1 Å². The highest BCUT2D eigenvalue weighted by Crippen LogP contribution is 2.54. The number of halogens is 1. The molecule has 8 heteroatoms. The summed E-state index contributed by atoms with van der Waals surface area (Å²) >= 11 is 7.02. The quantitative estimate of drug-likeness (QED) is 0.719. The molecule has 2 saturated carbocycles. The Morgan fingerprint density at radius 1 is 1.15 bits per heavy atom. The van der Waals surface area contributed by atoms with E-state index >= 15 is 0 Å². The Bertz CT molecular complexity index is 964. The molecule has 27 heavy (non-hydrogen) atoms. The van der Waals surface area contributed by atoms with Gasteiger partial charge in [-0.2, -0.15) is 4.72 Å². The highest BCUT2D eigenvalue weighted by atomic mass is 35.5. The van der Waals surface area contributed by atoms with Crippen LogP contribution >= 0.6 is 22.9 Å². The van der Waals surface area contributed by atoms with E-state index < -0.39 is 21.5 Å². The second-order valence-electron chi connectivity index (χ2n) is 7.36. The fourth-order valence-corrected chi connectivity index (χ4v) is 7.00. The molecule has 1 heterocycles. The molecule has 1 aromatic carbocycles. The minimum atomic E-state index is -3.90. The number of hydrogen-bond acceptors (Lipinski definition) is 4. The van der Waals surface area contributed by atoms with Gasteiger partial charge in [0.2, 0.25) is 0 Å². The van der Waals surface area contributed by atoms with Gasteiger partial charge in [-0.3, -0.25) is 4.79 Å². The van der Waals surface area contributed by atoms with Gasteiger partial charge in [-0.1, -0.05) is 49.4 Å². The number of carboxylic acid groups (broad SMARTS) is 1. The fraction of sp³-hybridized carbons (Fsp3) is 0.421. The lowest BCUT2D eigenvalue weighted by molar-refractivity contribution is -0.140. The first kappa shape index (κ1) is 18.9. The predicted molar refractivity (Wildman–Crippen MR) is 106 cm³/mol. The number of nitrogens with one attached hydrogen (secondary N) is 1. The zero-order valence-corrected chi connectivity index (χ0v) is 16.9. The van der Waals surface area contributed by atoms with Crippen LogP contribution in [0, 0.1) is 11.8 Å². The van der Waals surface area contributed by atoms with Gasteiger partial charge >= 0.3 is 5.97 Å². The molecule has 0 radical (unpaired) electrons. The molecular weight excluding hydrogens is 406 g/mol. The van der Waals surface area contributed by atoms with Gasteiger partial charge < -0.3 is 5.11 Å². The van der Waals surface area contributed by atoms with Gasteiger partial charge in [0.1, 0.15) is 9.75 Å². The highest BCUT2D eigenvalue weighted by molar-refractivity contribution is 7.91. The molecule has 2 atom stereocenters. The van der Waals surface area contributed by atoms with Crippen LogP contribution in [0.3, 0.4) is 0 Å². The Kier molecular flexibility index (Phi) is 4.83. The number of sulfonamides is 1. The van der Waals surface area contributed by atoms with Crippen LogP contribution in [0.2, 0.25) is 5.02 Å². The summed E-state index contributed by atoms with van der Waals surface area (Å²) in [5, 5.41) is 10.3. The number of aliphatic carboxylic acids is 1. The zero-order valence-electron chi connectivity index (χ0n) is 14.5. The maximum atomic E-state index is 12.9. The van der Waals surface area contributed by atoms with Crippen molar-refractivity contribution in [2.24, 2.45) is 11.8 Å². The Balaban J connectivity index is 1.56. The van der Waals surface area contributed by atoms with Crippen LogP contribution in [-0.4, -0.2) is 25.0 Å². The molecule has 0 unspecified atom stereocenters. The maximum absolute atomic E-state index is 12.9. The molecule has 0 bridgehead atoms. The van der Waals surface area contributed by atoms with E-state index in [0.717, 1.165) is 47.5 Å². The van der Waals surface area contributed by atoms with Gasteiger partial charge in [-0.05, 0) is 48.1 Å². The topological polar surface area (TPSA) is 83.5 Å². The van der Waals surface area contributed by atoms with Crippen molar-refractivity contribution >= 4 is 38.9 Å². The Morgan fingerprint density at radius 2 is 1.81 bits per heavy atom. The van der Waals surface area contributed by atoms with Crippen molar-refractivity contribution in [1.82, 2.24) is 4.72 Å². The van der Waals surface area contributed by atoms with Crippen molar-refractivity contribution in [2.75, 3.05) is 0 Å². The summed E-state index contributed by atoms with van der Waals surface area (Å²) in [4.78, 5) is 12.7. The van der Waals surface area contributed by atoms with Gasteiger partial charge in [0.05, 0.1) is 0 Å². The molecule has 2 aliphatic carbocycles. The van der Waals surface area contributed by atoms with Gasteiger partial charge in [-0.15, -0.1) is 11.3 Å². The SMILES string of the molecule is O=C(O)[C@@]1(NS(=O)(=O)c2ccc(-c3ccc(Cl)cc3)s2)C[C@H]1C1CCCC1. The first-order valence-corrected chi connectivity index (χ1v) is 11.6. The number of hydrogen-bond donors (Lipinski definition) is 2. The predicted octanol–water partition coefficient (Wildman–Crippen LogP) is 4.38. The summed E-state index contributed by atoms with van der Waals surface area (Å²) in [6.07, 6.45) is 4.54. The molecule has 0 aliphatic heterocycles. The summed E-state index contributed by atoms with van der Waals surface area (Å²) < 4.78 is 28.4. The van der Waals surface area contributed by atoms with E-state index in [0.29, 0.717) is 17.4 Å². The van der Waals surface area contributed by atoms with Crippen LogP contribution in [0.4, 0.5) is 0 Å². The van der Waals surface area contributed by atoms with Crippen LogP contribution in [0.15, 0.2) is 40.6 Å². The first-order chi connectivity index (χ1) is 12.8. The van der Waals surface area contributed by atoms with E-state index in [2.05, 4.69) is 4.72 Å². The summed E-state index contributed by atoms with van der Waals surface area (Å²) in [5.41, 5.74) is -0.479. The van der Waals surface area contributed by atoms with Crippen LogP contribution in [0.25, 0.3) is 10.4 Å². The van der Waals surface area contributed by atoms with E-state index in [1.54, 1.807) is 18.2 Å². The zero-order chi connectivity index (χ0) is 19.2. The number of carbonyl (C=O) groups is 1. The minimum absolute atomic E-state index is 0.108. The number of rotatable bonds is 6. The van der Waals surface area contributed by atoms with Crippen molar-refractivity contribution in [2.45, 2.75) is 41.9 Å². The van der Waals surface area contributed by atoms with Crippen LogP contribution in [-0.2, 0) is 14.8 Å². The number of benzene rings is 1.